The SMILES string of the molecule is O=C1NC(=O)/C(=C\c2ccc([N+](=O)[O-])cc2)S1. The van der Waals surface area contributed by atoms with Gasteiger partial charge in [0.25, 0.3) is 16.8 Å². The maximum Gasteiger partial charge on any atom is 0.290 e. The first-order valence-corrected chi connectivity index (χ1v) is 5.37. The molecule has 1 N–H and O–H groups in total. The number of carbonyl (C=O) groups is 2. The van der Waals surface area contributed by atoms with Crippen LogP contribution >= 0.6 is 11.8 Å². The molecule has 0 radical (unpaired) electrons. The number of hydrogen-bond donors (Lipinski definition) is 1. The van der Waals surface area contributed by atoms with E-state index in [1.807, 2.05) is 0 Å². The van der Waals surface area contributed by atoms with Crippen LogP contribution in [0.25, 0.3) is 6.08 Å². The molecule has 0 saturated carbocycles. The summed E-state index contributed by atoms with van der Waals surface area (Å²) in [5, 5.41) is 12.1. The van der Waals surface area contributed by atoms with Crippen molar-refractivity contribution < 1.29 is 14.5 Å². The summed E-state index contributed by atoms with van der Waals surface area (Å²) in [5.74, 6) is -0.446. The lowest BCUT2D eigenvalue weighted by Gasteiger charge is -1.94. The Hall–Kier alpha value is -2.15. The van der Waals surface area contributed by atoms with Gasteiger partial charge in [-0.3, -0.25) is 25.0 Å². The zero-order valence-corrected chi connectivity index (χ0v) is 9.19. The minimum absolute atomic E-state index is 0.0215. The highest BCUT2D eigenvalue weighted by Crippen LogP contribution is 2.25. The fourth-order valence-electron chi connectivity index (χ4n) is 1.26. The number of nitro benzene ring substituents is 1. The van der Waals surface area contributed by atoms with Crippen molar-refractivity contribution in [2.45, 2.75) is 0 Å². The largest absolute Gasteiger partial charge is 0.290 e. The predicted molar refractivity (Wildman–Crippen MR) is 62.2 cm³/mol. The molecule has 1 aromatic rings. The Morgan fingerprint density at radius 2 is 1.88 bits per heavy atom. The van der Waals surface area contributed by atoms with Crippen LogP contribution in [0.15, 0.2) is 29.2 Å². The molecular weight excluding hydrogens is 244 g/mol. The molecule has 86 valence electrons. The Kier molecular flexibility index (Phi) is 2.92. The second-order valence-corrected chi connectivity index (χ2v) is 4.22. The van der Waals surface area contributed by atoms with E-state index in [0.29, 0.717) is 5.56 Å². The summed E-state index contributed by atoms with van der Waals surface area (Å²) in [6.45, 7) is 0. The van der Waals surface area contributed by atoms with Crippen LogP contribution in [0.3, 0.4) is 0 Å². The minimum atomic E-state index is -0.503. The highest BCUT2D eigenvalue weighted by Gasteiger charge is 2.24. The summed E-state index contributed by atoms with van der Waals surface area (Å²) in [4.78, 5) is 32.3. The molecule has 0 unspecified atom stereocenters. The van der Waals surface area contributed by atoms with E-state index in [1.54, 1.807) is 0 Å². The predicted octanol–water partition coefficient (Wildman–Crippen LogP) is 1.92. The monoisotopic (exact) mass is 250 g/mol. The minimum Gasteiger partial charge on any atom is -0.282 e. The number of nitrogens with one attached hydrogen (secondary N) is 1. The van der Waals surface area contributed by atoms with Gasteiger partial charge in [-0.25, -0.2) is 0 Å². The molecule has 1 fully saturated rings. The first kappa shape index (κ1) is 11.3. The molecule has 2 rings (SSSR count). The van der Waals surface area contributed by atoms with E-state index < -0.39 is 16.1 Å². The number of rotatable bonds is 2. The molecule has 1 saturated heterocycles. The van der Waals surface area contributed by atoms with Crippen molar-refractivity contribution in [1.82, 2.24) is 5.32 Å². The molecule has 1 aliphatic rings. The number of imide groups is 1. The van der Waals surface area contributed by atoms with Crippen LogP contribution in [0, 0.1) is 10.1 Å². The first-order valence-electron chi connectivity index (χ1n) is 4.55. The van der Waals surface area contributed by atoms with Gasteiger partial charge in [-0.1, -0.05) is 0 Å². The van der Waals surface area contributed by atoms with Gasteiger partial charge in [0, 0.05) is 12.1 Å². The Morgan fingerprint density at radius 3 is 2.35 bits per heavy atom. The van der Waals surface area contributed by atoms with Crippen LogP contribution < -0.4 is 5.32 Å². The number of amides is 2. The molecule has 0 aliphatic carbocycles. The van der Waals surface area contributed by atoms with Crippen LogP contribution in [-0.4, -0.2) is 16.1 Å². The van der Waals surface area contributed by atoms with Crippen LogP contribution in [-0.2, 0) is 4.79 Å². The lowest BCUT2D eigenvalue weighted by molar-refractivity contribution is -0.384. The van der Waals surface area contributed by atoms with Gasteiger partial charge in [0.1, 0.15) is 0 Å². The summed E-state index contributed by atoms with van der Waals surface area (Å²) >= 11 is 0.807. The van der Waals surface area contributed by atoms with E-state index in [-0.39, 0.29) is 10.6 Å². The van der Waals surface area contributed by atoms with Gasteiger partial charge in [-0.05, 0) is 35.5 Å². The molecule has 0 bridgehead atoms. The normalized spacial score (nSPS) is 17.3. The Bertz CT molecular complexity index is 536. The smallest absolute Gasteiger partial charge is 0.282 e. The van der Waals surface area contributed by atoms with Crippen molar-refractivity contribution in [3.8, 4) is 0 Å². The highest BCUT2D eigenvalue weighted by atomic mass is 32.2. The molecule has 1 aromatic carbocycles. The van der Waals surface area contributed by atoms with E-state index in [2.05, 4.69) is 5.32 Å². The lowest BCUT2D eigenvalue weighted by Crippen LogP contribution is -2.17. The van der Waals surface area contributed by atoms with Crippen LogP contribution in [0.5, 0.6) is 0 Å². The molecule has 0 atom stereocenters. The van der Waals surface area contributed by atoms with Gasteiger partial charge in [-0.15, -0.1) is 0 Å². The first-order chi connectivity index (χ1) is 8.06. The Balaban J connectivity index is 2.24. The van der Waals surface area contributed by atoms with Crippen LogP contribution in [0.2, 0.25) is 0 Å². The van der Waals surface area contributed by atoms with E-state index in [9.17, 15) is 19.7 Å². The average molecular weight is 250 g/mol. The second-order valence-electron chi connectivity index (χ2n) is 3.20. The molecule has 7 heteroatoms. The van der Waals surface area contributed by atoms with Crippen molar-refractivity contribution in [2.75, 3.05) is 0 Å². The van der Waals surface area contributed by atoms with Gasteiger partial charge in [-0.2, -0.15) is 0 Å². The summed E-state index contributed by atoms with van der Waals surface area (Å²) in [7, 11) is 0. The van der Waals surface area contributed by atoms with Gasteiger partial charge >= 0.3 is 0 Å². The van der Waals surface area contributed by atoms with E-state index in [4.69, 9.17) is 0 Å². The van der Waals surface area contributed by atoms with Gasteiger partial charge in [0.2, 0.25) is 0 Å². The standard InChI is InChI=1S/C10H6N2O4S/c13-9-8(17-10(14)11-9)5-6-1-3-7(4-2-6)12(15)16/h1-5H,(H,11,13,14)/b8-5+. The zero-order chi connectivity index (χ0) is 12.4. The number of benzene rings is 1. The highest BCUT2D eigenvalue weighted by molar-refractivity contribution is 8.18. The quantitative estimate of drug-likeness (QED) is 0.492. The maximum atomic E-state index is 11.2. The van der Waals surface area contributed by atoms with Crippen molar-refractivity contribution in [1.29, 1.82) is 0 Å². The summed E-state index contributed by atoms with van der Waals surface area (Å²) < 4.78 is 0. The Morgan fingerprint density at radius 1 is 1.24 bits per heavy atom. The van der Waals surface area contributed by atoms with Crippen LogP contribution in [0.1, 0.15) is 5.56 Å². The van der Waals surface area contributed by atoms with Gasteiger partial charge in [0.05, 0.1) is 9.83 Å². The summed E-state index contributed by atoms with van der Waals surface area (Å²) in [5.41, 5.74) is 0.606. The molecule has 6 nitrogen and oxygen atoms in total. The van der Waals surface area contributed by atoms with E-state index in [1.165, 1.54) is 30.3 Å². The zero-order valence-electron chi connectivity index (χ0n) is 8.38. The van der Waals surface area contributed by atoms with Crippen LogP contribution in [0.4, 0.5) is 10.5 Å². The number of carbonyl (C=O) groups excluding carboxylic acids is 2. The fraction of sp³-hybridized carbons (Fsp3) is 0. The number of nitro groups is 1. The van der Waals surface area contributed by atoms with E-state index in [0.717, 1.165) is 11.8 Å². The van der Waals surface area contributed by atoms with Gasteiger partial charge < -0.3 is 0 Å². The summed E-state index contributed by atoms with van der Waals surface area (Å²) in [6, 6.07) is 5.71. The van der Waals surface area contributed by atoms with E-state index >= 15 is 0 Å². The fourth-order valence-corrected chi connectivity index (χ4v) is 1.95. The number of hydrogen-bond acceptors (Lipinski definition) is 5. The third-order valence-electron chi connectivity index (χ3n) is 2.04. The molecule has 0 aromatic heterocycles. The molecule has 1 aliphatic heterocycles. The molecule has 0 spiro atoms. The third kappa shape index (κ3) is 2.51. The Labute approximate surface area is 99.8 Å². The van der Waals surface area contributed by atoms with Gasteiger partial charge in [0.15, 0.2) is 0 Å². The summed E-state index contributed by atoms with van der Waals surface area (Å²) in [6.07, 6.45) is 1.51. The van der Waals surface area contributed by atoms with Crippen molar-refractivity contribution in [3.63, 3.8) is 0 Å². The third-order valence-corrected chi connectivity index (χ3v) is 2.85. The molecule has 17 heavy (non-hydrogen) atoms. The maximum absolute atomic E-state index is 11.2. The van der Waals surface area contributed by atoms with Crippen molar-refractivity contribution in [3.05, 3.63) is 44.8 Å². The topological polar surface area (TPSA) is 89.3 Å². The number of thioether (sulfide) groups is 1. The lowest BCUT2D eigenvalue weighted by atomic mass is 10.2. The second kappa shape index (κ2) is 4.38. The van der Waals surface area contributed by atoms with Crippen molar-refractivity contribution in [2.24, 2.45) is 0 Å². The molecule has 2 amide bonds. The van der Waals surface area contributed by atoms with Crippen molar-refractivity contribution >= 4 is 34.7 Å². The average Bonchev–Trinajstić information content (AvgIpc) is 2.58. The number of non-ortho nitro benzene ring substituents is 1. The molecular formula is C10H6N2O4S. The number of nitrogens with zero attached hydrogens (tertiary/aromatic N) is 1. The molecule has 1 heterocycles.